The molecule has 1 aromatic rings. The Morgan fingerprint density at radius 1 is 1.42 bits per heavy atom. The van der Waals surface area contributed by atoms with Crippen molar-refractivity contribution >= 4 is 28.3 Å². The van der Waals surface area contributed by atoms with Crippen LogP contribution in [0, 0.1) is 0 Å². The Balaban J connectivity index is 0.00000121. The van der Waals surface area contributed by atoms with E-state index in [-0.39, 0.29) is 12.4 Å². The lowest BCUT2D eigenvalue weighted by molar-refractivity contribution is 0.728. The molecular weight excluding hydrogens is 239 g/mol. The van der Waals surface area contributed by atoms with Crippen molar-refractivity contribution in [1.82, 2.24) is 5.43 Å². The van der Waals surface area contributed by atoms with Crippen LogP contribution < -0.4 is 11.3 Å². The Morgan fingerprint density at radius 2 is 2.17 bits per heavy atom. The van der Waals surface area contributed by atoms with Gasteiger partial charge >= 0.3 is 0 Å². The molecule has 0 heterocycles. The summed E-state index contributed by atoms with van der Waals surface area (Å²) < 4.78 is 1.12. The van der Waals surface area contributed by atoms with Gasteiger partial charge < -0.3 is 0 Å². The average Bonchev–Trinajstić information content (AvgIpc) is 2.01. The molecule has 0 saturated heterocycles. The zero-order valence-electron chi connectivity index (χ0n) is 6.59. The number of halogens is 2. The maximum atomic E-state index is 5.15. The van der Waals surface area contributed by atoms with Crippen LogP contribution in [0.5, 0.6) is 0 Å². The molecule has 0 radical (unpaired) electrons. The van der Waals surface area contributed by atoms with Crippen molar-refractivity contribution in [2.24, 2.45) is 5.84 Å². The summed E-state index contributed by atoms with van der Waals surface area (Å²) in [7, 11) is 0. The molecule has 4 heteroatoms. The topological polar surface area (TPSA) is 38.0 Å². The van der Waals surface area contributed by atoms with Crippen LogP contribution in [0.1, 0.15) is 5.56 Å². The third kappa shape index (κ3) is 4.07. The van der Waals surface area contributed by atoms with Gasteiger partial charge in [0.2, 0.25) is 0 Å². The van der Waals surface area contributed by atoms with Crippen molar-refractivity contribution in [2.45, 2.75) is 6.42 Å². The maximum Gasteiger partial charge on any atom is 0.0178 e. The van der Waals surface area contributed by atoms with Crippen LogP contribution in [-0.2, 0) is 6.42 Å². The van der Waals surface area contributed by atoms with Gasteiger partial charge in [-0.2, -0.15) is 0 Å². The minimum atomic E-state index is 0. The largest absolute Gasteiger partial charge is 0.271 e. The van der Waals surface area contributed by atoms with E-state index in [1.807, 2.05) is 12.1 Å². The van der Waals surface area contributed by atoms with Gasteiger partial charge in [0.15, 0.2) is 0 Å². The third-order valence-corrected chi connectivity index (χ3v) is 1.94. The summed E-state index contributed by atoms with van der Waals surface area (Å²) in [6, 6.07) is 8.22. The first-order valence-corrected chi connectivity index (χ1v) is 4.30. The van der Waals surface area contributed by atoms with E-state index in [9.17, 15) is 0 Å². The molecule has 68 valence electrons. The molecule has 0 saturated carbocycles. The number of hydrazine groups is 1. The number of nitrogens with two attached hydrogens (primary N) is 1. The molecule has 0 unspecified atom stereocenters. The van der Waals surface area contributed by atoms with Gasteiger partial charge in [-0.3, -0.25) is 11.3 Å². The molecule has 2 nitrogen and oxygen atoms in total. The quantitative estimate of drug-likeness (QED) is 0.636. The fraction of sp³-hybridized carbons (Fsp3) is 0.250. The molecule has 0 aliphatic carbocycles. The fourth-order valence-corrected chi connectivity index (χ4v) is 1.36. The lowest BCUT2D eigenvalue weighted by atomic mass is 10.2. The van der Waals surface area contributed by atoms with Gasteiger partial charge in [0, 0.05) is 11.0 Å². The summed E-state index contributed by atoms with van der Waals surface area (Å²) in [5.74, 6) is 5.15. The minimum Gasteiger partial charge on any atom is -0.271 e. The summed E-state index contributed by atoms with van der Waals surface area (Å²) >= 11 is 3.40. The van der Waals surface area contributed by atoms with Crippen molar-refractivity contribution in [2.75, 3.05) is 6.54 Å². The van der Waals surface area contributed by atoms with E-state index in [4.69, 9.17) is 5.84 Å². The summed E-state index contributed by atoms with van der Waals surface area (Å²) in [6.07, 6.45) is 0.968. The normalized spacial score (nSPS) is 9.17. The Bertz CT molecular complexity index is 230. The van der Waals surface area contributed by atoms with Gasteiger partial charge in [-0.05, 0) is 24.1 Å². The molecule has 0 aliphatic rings. The zero-order valence-corrected chi connectivity index (χ0v) is 8.99. The molecule has 0 spiro atoms. The van der Waals surface area contributed by atoms with E-state index < -0.39 is 0 Å². The highest BCUT2D eigenvalue weighted by atomic mass is 79.9. The predicted octanol–water partition coefficient (Wildman–Crippen LogP) is 1.88. The lowest BCUT2D eigenvalue weighted by Crippen LogP contribution is -2.24. The van der Waals surface area contributed by atoms with E-state index in [1.54, 1.807) is 0 Å². The van der Waals surface area contributed by atoms with Crippen molar-refractivity contribution in [3.8, 4) is 0 Å². The standard InChI is InChI=1S/C8H11BrN2.ClH/c9-8-3-1-2-7(6-8)4-5-11-10;/h1-3,6,11H,4-5,10H2;1H. The smallest absolute Gasteiger partial charge is 0.0178 e. The molecule has 1 aromatic carbocycles. The summed E-state index contributed by atoms with van der Waals surface area (Å²) in [6.45, 7) is 0.816. The third-order valence-electron chi connectivity index (χ3n) is 1.45. The first-order chi connectivity index (χ1) is 5.33. The molecule has 0 aromatic heterocycles. The number of rotatable bonds is 3. The van der Waals surface area contributed by atoms with Gasteiger partial charge in [0.1, 0.15) is 0 Å². The van der Waals surface area contributed by atoms with Gasteiger partial charge in [0.25, 0.3) is 0 Å². The molecule has 1 rings (SSSR count). The number of hydrogen-bond donors (Lipinski definition) is 2. The van der Waals surface area contributed by atoms with Crippen molar-refractivity contribution in [3.05, 3.63) is 34.3 Å². The number of benzene rings is 1. The zero-order chi connectivity index (χ0) is 8.10. The summed E-state index contributed by atoms with van der Waals surface area (Å²) in [4.78, 5) is 0. The second-order valence-corrected chi connectivity index (χ2v) is 3.25. The van der Waals surface area contributed by atoms with Crippen LogP contribution in [0.25, 0.3) is 0 Å². The highest BCUT2D eigenvalue weighted by molar-refractivity contribution is 9.10. The Kier molecular flexibility index (Phi) is 6.38. The van der Waals surface area contributed by atoms with Gasteiger partial charge in [-0.25, -0.2) is 0 Å². The van der Waals surface area contributed by atoms with Crippen LogP contribution in [0.15, 0.2) is 28.7 Å². The van der Waals surface area contributed by atoms with E-state index in [0.29, 0.717) is 0 Å². The van der Waals surface area contributed by atoms with Crippen molar-refractivity contribution in [1.29, 1.82) is 0 Å². The average molecular weight is 252 g/mol. The lowest BCUT2D eigenvalue weighted by Gasteiger charge is -1.99. The van der Waals surface area contributed by atoms with E-state index in [2.05, 4.69) is 33.5 Å². The van der Waals surface area contributed by atoms with Crippen LogP contribution in [0.4, 0.5) is 0 Å². The van der Waals surface area contributed by atoms with Crippen LogP contribution in [0.3, 0.4) is 0 Å². The maximum absolute atomic E-state index is 5.15. The van der Waals surface area contributed by atoms with Crippen LogP contribution in [-0.4, -0.2) is 6.54 Å². The SMILES string of the molecule is Cl.NNCCc1cccc(Br)c1. The second-order valence-electron chi connectivity index (χ2n) is 2.33. The second kappa shape index (κ2) is 6.43. The molecule has 0 aliphatic heterocycles. The molecule has 0 atom stereocenters. The van der Waals surface area contributed by atoms with Crippen molar-refractivity contribution in [3.63, 3.8) is 0 Å². The molecular formula is C8H12BrClN2. The molecule has 12 heavy (non-hydrogen) atoms. The Morgan fingerprint density at radius 3 is 2.75 bits per heavy atom. The highest BCUT2D eigenvalue weighted by Crippen LogP contribution is 2.11. The van der Waals surface area contributed by atoms with Gasteiger partial charge in [-0.15, -0.1) is 12.4 Å². The Hall–Kier alpha value is -0.0900. The summed E-state index contributed by atoms with van der Waals surface area (Å²) in [5, 5.41) is 0. The summed E-state index contributed by atoms with van der Waals surface area (Å²) in [5.41, 5.74) is 3.91. The first kappa shape index (κ1) is 11.9. The highest BCUT2D eigenvalue weighted by Gasteiger charge is 1.91. The van der Waals surface area contributed by atoms with Crippen LogP contribution in [0.2, 0.25) is 0 Å². The number of hydrogen-bond acceptors (Lipinski definition) is 2. The molecule has 0 bridgehead atoms. The first-order valence-electron chi connectivity index (χ1n) is 3.51. The van der Waals surface area contributed by atoms with Gasteiger partial charge in [0.05, 0.1) is 0 Å². The van der Waals surface area contributed by atoms with Crippen LogP contribution >= 0.6 is 28.3 Å². The van der Waals surface area contributed by atoms with E-state index >= 15 is 0 Å². The van der Waals surface area contributed by atoms with E-state index in [0.717, 1.165) is 17.4 Å². The monoisotopic (exact) mass is 250 g/mol. The minimum absolute atomic E-state index is 0. The predicted molar refractivity (Wildman–Crippen MR) is 57.3 cm³/mol. The Labute approximate surface area is 87.0 Å². The molecule has 0 fully saturated rings. The van der Waals surface area contributed by atoms with E-state index in [1.165, 1.54) is 5.56 Å². The fourth-order valence-electron chi connectivity index (χ4n) is 0.909. The number of nitrogens with one attached hydrogen (secondary N) is 1. The van der Waals surface area contributed by atoms with Crippen molar-refractivity contribution < 1.29 is 0 Å². The molecule has 3 N–H and O–H groups in total. The van der Waals surface area contributed by atoms with Gasteiger partial charge in [-0.1, -0.05) is 28.1 Å². The molecule has 0 amide bonds.